The Labute approximate surface area is 145 Å². The molecule has 1 aromatic heterocycles. The van der Waals surface area contributed by atoms with Crippen LogP contribution in [0, 0.1) is 5.92 Å². The Hall–Kier alpha value is -1.61. The summed E-state index contributed by atoms with van der Waals surface area (Å²) >= 11 is 0. The Morgan fingerprint density at radius 2 is 2.17 bits per heavy atom. The fourth-order valence-electron chi connectivity index (χ4n) is 4.39. The molecule has 4 rings (SSSR count). The minimum atomic E-state index is 0.485. The smallest absolute Gasteiger partial charge is 0.0607 e. The lowest BCUT2D eigenvalue weighted by Crippen LogP contribution is -2.39. The van der Waals surface area contributed by atoms with Crippen molar-refractivity contribution in [1.82, 2.24) is 15.2 Å². The second kappa shape index (κ2) is 6.36. The Balaban J connectivity index is 1.63. The third-order valence-electron chi connectivity index (χ3n) is 5.92. The lowest BCUT2D eigenvalue weighted by atomic mass is 9.90. The van der Waals surface area contributed by atoms with Crippen molar-refractivity contribution in [3.63, 3.8) is 0 Å². The molecule has 3 heteroatoms. The number of rotatable bonds is 4. The first-order chi connectivity index (χ1) is 11.6. The number of hydrogen-bond acceptors (Lipinski definition) is 3. The second-order valence-electron chi connectivity index (χ2n) is 7.91. The first-order valence-electron chi connectivity index (χ1n) is 9.44. The van der Waals surface area contributed by atoms with Crippen molar-refractivity contribution in [2.45, 2.75) is 58.5 Å². The monoisotopic (exact) mass is 323 g/mol. The molecule has 1 fully saturated rings. The van der Waals surface area contributed by atoms with E-state index in [-0.39, 0.29) is 0 Å². The maximum Gasteiger partial charge on any atom is 0.0607 e. The van der Waals surface area contributed by atoms with Gasteiger partial charge in [0, 0.05) is 31.0 Å². The molecular weight excluding hydrogens is 294 g/mol. The highest BCUT2D eigenvalue weighted by Crippen LogP contribution is 2.43. The first-order valence-corrected chi connectivity index (χ1v) is 9.44. The molecule has 128 valence electrons. The van der Waals surface area contributed by atoms with Crippen molar-refractivity contribution in [3.8, 4) is 0 Å². The number of nitrogens with zero attached hydrogens (tertiary/aromatic N) is 2. The van der Waals surface area contributed by atoms with E-state index in [1.54, 1.807) is 0 Å². The van der Waals surface area contributed by atoms with Crippen LogP contribution in [0.15, 0.2) is 41.2 Å². The molecule has 0 bridgehead atoms. The zero-order chi connectivity index (χ0) is 16.7. The number of dihydropyridines is 1. The molecule has 3 unspecified atom stereocenters. The van der Waals surface area contributed by atoms with Gasteiger partial charge in [0.25, 0.3) is 0 Å². The van der Waals surface area contributed by atoms with Crippen LogP contribution >= 0.6 is 0 Å². The Kier molecular flexibility index (Phi) is 4.21. The molecule has 0 radical (unpaired) electrons. The van der Waals surface area contributed by atoms with Crippen LogP contribution in [0.2, 0.25) is 0 Å². The van der Waals surface area contributed by atoms with Crippen LogP contribution in [0.1, 0.15) is 57.3 Å². The van der Waals surface area contributed by atoms with Crippen LogP contribution in [-0.4, -0.2) is 29.0 Å². The lowest BCUT2D eigenvalue weighted by molar-refractivity contribution is 0.169. The van der Waals surface area contributed by atoms with Crippen molar-refractivity contribution < 1.29 is 0 Å². The quantitative estimate of drug-likeness (QED) is 0.908. The normalized spacial score (nSPS) is 29.2. The zero-order valence-electron chi connectivity index (χ0n) is 15.2. The molecule has 1 aliphatic heterocycles. The van der Waals surface area contributed by atoms with E-state index < -0.39 is 0 Å². The number of fused-ring (bicyclic) bond motifs is 1. The molecule has 24 heavy (non-hydrogen) atoms. The average molecular weight is 323 g/mol. The van der Waals surface area contributed by atoms with Crippen LogP contribution in [0.3, 0.4) is 0 Å². The molecule has 1 aromatic rings. The topological polar surface area (TPSA) is 28.2 Å². The van der Waals surface area contributed by atoms with Crippen LogP contribution < -0.4 is 5.32 Å². The summed E-state index contributed by atoms with van der Waals surface area (Å²) in [7, 11) is 0. The van der Waals surface area contributed by atoms with E-state index in [9.17, 15) is 0 Å². The van der Waals surface area contributed by atoms with Gasteiger partial charge in [-0.1, -0.05) is 24.6 Å². The summed E-state index contributed by atoms with van der Waals surface area (Å²) in [6, 6.07) is 5.57. The van der Waals surface area contributed by atoms with Crippen LogP contribution in [0.4, 0.5) is 0 Å². The second-order valence-corrected chi connectivity index (χ2v) is 7.91. The zero-order valence-corrected chi connectivity index (χ0v) is 15.2. The van der Waals surface area contributed by atoms with E-state index >= 15 is 0 Å². The number of aromatic nitrogens is 1. The molecule has 0 amide bonds. The SMILES string of the molecule is CC1=CC(C)=C(CN(C2CCCc3cccnc32)C2CC2C)NC1. The summed E-state index contributed by atoms with van der Waals surface area (Å²) in [6.45, 7) is 8.85. The fourth-order valence-corrected chi connectivity index (χ4v) is 4.39. The Bertz CT molecular complexity index is 688. The van der Waals surface area contributed by atoms with Crippen molar-refractivity contribution >= 4 is 0 Å². The molecule has 0 aromatic carbocycles. The number of pyridine rings is 1. The van der Waals surface area contributed by atoms with Gasteiger partial charge >= 0.3 is 0 Å². The highest BCUT2D eigenvalue weighted by atomic mass is 15.2. The molecular formula is C21H29N3. The molecule has 1 saturated carbocycles. The summed E-state index contributed by atoms with van der Waals surface area (Å²) in [6.07, 6.45) is 9.36. The van der Waals surface area contributed by atoms with Crippen LogP contribution in [0.5, 0.6) is 0 Å². The van der Waals surface area contributed by atoms with Gasteiger partial charge in [0.15, 0.2) is 0 Å². The Morgan fingerprint density at radius 1 is 1.33 bits per heavy atom. The number of aryl methyl sites for hydroxylation is 1. The standard InChI is InChI=1S/C21H29N3/c1-14-10-15(2)18(23-12-14)13-24(20-11-16(20)3)19-8-4-6-17-7-5-9-22-21(17)19/h5,7,9-10,16,19-20,23H,4,6,8,11-13H2,1-3H3. The third kappa shape index (κ3) is 3.02. The predicted molar refractivity (Wildman–Crippen MR) is 98.7 cm³/mol. The molecule has 3 atom stereocenters. The maximum atomic E-state index is 4.79. The molecule has 2 aliphatic carbocycles. The highest BCUT2D eigenvalue weighted by Gasteiger charge is 2.43. The fraction of sp³-hybridized carbons (Fsp3) is 0.571. The minimum Gasteiger partial charge on any atom is -0.383 e. The summed E-state index contributed by atoms with van der Waals surface area (Å²) in [5, 5.41) is 3.66. The van der Waals surface area contributed by atoms with Gasteiger partial charge in [-0.15, -0.1) is 0 Å². The first kappa shape index (κ1) is 15.9. The molecule has 0 spiro atoms. The van der Waals surface area contributed by atoms with Crippen LogP contribution in [-0.2, 0) is 6.42 Å². The van der Waals surface area contributed by atoms with E-state index in [0.29, 0.717) is 6.04 Å². The van der Waals surface area contributed by atoms with Crippen LogP contribution in [0.25, 0.3) is 0 Å². The maximum absolute atomic E-state index is 4.79. The van der Waals surface area contributed by atoms with Crippen molar-refractivity contribution in [3.05, 3.63) is 52.5 Å². The molecule has 3 aliphatic rings. The van der Waals surface area contributed by atoms with Gasteiger partial charge in [0.05, 0.1) is 11.7 Å². The van der Waals surface area contributed by atoms with Crippen molar-refractivity contribution in [1.29, 1.82) is 0 Å². The van der Waals surface area contributed by atoms with Gasteiger partial charge in [-0.2, -0.15) is 0 Å². The van der Waals surface area contributed by atoms with E-state index in [1.165, 1.54) is 53.8 Å². The third-order valence-corrected chi connectivity index (χ3v) is 5.92. The molecule has 3 nitrogen and oxygen atoms in total. The summed E-state index contributed by atoms with van der Waals surface area (Å²) in [5.41, 5.74) is 7.03. The van der Waals surface area contributed by atoms with E-state index in [1.807, 2.05) is 6.20 Å². The van der Waals surface area contributed by atoms with E-state index in [4.69, 9.17) is 4.98 Å². The summed E-state index contributed by atoms with van der Waals surface area (Å²) < 4.78 is 0. The molecule has 2 heterocycles. The van der Waals surface area contributed by atoms with E-state index in [2.05, 4.69) is 49.2 Å². The van der Waals surface area contributed by atoms with Gasteiger partial charge in [-0.05, 0) is 62.7 Å². The van der Waals surface area contributed by atoms with Crippen molar-refractivity contribution in [2.24, 2.45) is 5.92 Å². The average Bonchev–Trinajstić information content (AvgIpc) is 3.30. The lowest BCUT2D eigenvalue weighted by Gasteiger charge is -2.37. The Morgan fingerprint density at radius 3 is 2.92 bits per heavy atom. The van der Waals surface area contributed by atoms with Gasteiger partial charge < -0.3 is 5.32 Å². The minimum absolute atomic E-state index is 0.485. The number of hydrogen-bond donors (Lipinski definition) is 1. The summed E-state index contributed by atoms with van der Waals surface area (Å²) in [5.74, 6) is 0.820. The van der Waals surface area contributed by atoms with Crippen molar-refractivity contribution in [2.75, 3.05) is 13.1 Å². The molecule has 1 N–H and O–H groups in total. The predicted octanol–water partition coefficient (Wildman–Crippen LogP) is 3.99. The largest absolute Gasteiger partial charge is 0.383 e. The molecule has 0 saturated heterocycles. The van der Waals surface area contributed by atoms with E-state index in [0.717, 1.165) is 25.0 Å². The van der Waals surface area contributed by atoms with Gasteiger partial charge in [0.1, 0.15) is 0 Å². The van der Waals surface area contributed by atoms with Gasteiger partial charge in [0.2, 0.25) is 0 Å². The van der Waals surface area contributed by atoms with Gasteiger partial charge in [-0.25, -0.2) is 0 Å². The highest BCUT2D eigenvalue weighted by molar-refractivity contribution is 5.33. The number of nitrogens with one attached hydrogen (secondary N) is 1. The summed E-state index contributed by atoms with van der Waals surface area (Å²) in [4.78, 5) is 7.54. The number of allylic oxidation sites excluding steroid dienone is 2. The van der Waals surface area contributed by atoms with Gasteiger partial charge in [-0.3, -0.25) is 9.88 Å².